The van der Waals surface area contributed by atoms with Crippen molar-refractivity contribution in [2.45, 2.75) is 63.9 Å². The van der Waals surface area contributed by atoms with Crippen LogP contribution < -0.4 is 0 Å². The van der Waals surface area contributed by atoms with Crippen LogP contribution in [0, 0.1) is 6.92 Å². The molecule has 1 aromatic heterocycles. The van der Waals surface area contributed by atoms with E-state index in [9.17, 15) is 4.79 Å². The van der Waals surface area contributed by atoms with Crippen LogP contribution in [-0.4, -0.2) is 41.6 Å². The van der Waals surface area contributed by atoms with Crippen LogP contribution in [0.25, 0.3) is 0 Å². The largest absolute Gasteiger partial charge is 0.368 e. The van der Waals surface area contributed by atoms with Gasteiger partial charge in [-0.2, -0.15) is 0 Å². The van der Waals surface area contributed by atoms with E-state index in [0.29, 0.717) is 12.0 Å². The number of piperidine rings is 1. The minimum absolute atomic E-state index is 0.156. The first kappa shape index (κ1) is 15.9. The number of ether oxygens (including phenoxy) is 1. The molecule has 122 valence electrons. The van der Waals surface area contributed by atoms with Gasteiger partial charge in [-0.15, -0.1) is 11.3 Å². The SMILES string of the molecule is Cc1csc(C2CCCN(C(=O)COC3CCCCC3)C2)n1. The van der Waals surface area contributed by atoms with Crippen LogP contribution in [0.3, 0.4) is 0 Å². The summed E-state index contributed by atoms with van der Waals surface area (Å²) in [6.07, 6.45) is 8.55. The minimum atomic E-state index is 0.156. The Bertz CT molecular complexity index is 497. The highest BCUT2D eigenvalue weighted by Crippen LogP contribution is 2.29. The molecule has 0 bridgehead atoms. The highest BCUT2D eigenvalue weighted by molar-refractivity contribution is 7.09. The Morgan fingerprint density at radius 1 is 1.32 bits per heavy atom. The zero-order valence-electron chi connectivity index (χ0n) is 13.4. The minimum Gasteiger partial charge on any atom is -0.368 e. The molecule has 1 saturated heterocycles. The molecule has 0 aromatic carbocycles. The summed E-state index contributed by atoms with van der Waals surface area (Å²) >= 11 is 1.73. The second-order valence-electron chi connectivity index (χ2n) is 6.58. The molecule has 1 aliphatic heterocycles. The van der Waals surface area contributed by atoms with E-state index in [4.69, 9.17) is 4.74 Å². The fourth-order valence-electron chi connectivity index (χ4n) is 3.48. The molecule has 1 aromatic rings. The lowest BCUT2D eigenvalue weighted by Gasteiger charge is -2.32. The first-order valence-corrected chi connectivity index (χ1v) is 9.42. The van der Waals surface area contributed by atoms with Crippen LogP contribution >= 0.6 is 11.3 Å². The molecule has 2 heterocycles. The van der Waals surface area contributed by atoms with Gasteiger partial charge in [0, 0.05) is 30.1 Å². The van der Waals surface area contributed by atoms with Crippen LogP contribution in [-0.2, 0) is 9.53 Å². The smallest absolute Gasteiger partial charge is 0.248 e. The standard InChI is InChI=1S/C17H26N2O2S/c1-13-12-22-17(18-13)14-6-5-9-19(10-14)16(20)11-21-15-7-3-2-4-8-15/h12,14-15H,2-11H2,1H3. The summed E-state index contributed by atoms with van der Waals surface area (Å²) in [6.45, 7) is 3.96. The molecule has 2 fully saturated rings. The molecule has 1 atom stereocenters. The molecule has 1 aliphatic carbocycles. The fourth-order valence-corrected chi connectivity index (χ4v) is 4.40. The van der Waals surface area contributed by atoms with E-state index in [1.165, 1.54) is 24.3 Å². The Kier molecular flexibility index (Phi) is 5.47. The van der Waals surface area contributed by atoms with Gasteiger partial charge >= 0.3 is 0 Å². The molecule has 0 spiro atoms. The number of aromatic nitrogens is 1. The molecular formula is C17H26N2O2S. The van der Waals surface area contributed by atoms with Crippen LogP contribution in [0.5, 0.6) is 0 Å². The summed E-state index contributed by atoms with van der Waals surface area (Å²) in [6, 6.07) is 0. The molecule has 3 rings (SSSR count). The number of rotatable bonds is 4. The van der Waals surface area contributed by atoms with E-state index in [1.54, 1.807) is 11.3 Å². The average molecular weight is 322 g/mol. The Labute approximate surface area is 136 Å². The van der Waals surface area contributed by atoms with Crippen molar-refractivity contribution >= 4 is 17.2 Å². The summed E-state index contributed by atoms with van der Waals surface area (Å²) in [5, 5.41) is 3.28. The lowest BCUT2D eigenvalue weighted by Crippen LogP contribution is -2.41. The number of hydrogen-bond acceptors (Lipinski definition) is 4. The summed E-state index contributed by atoms with van der Waals surface area (Å²) in [5.41, 5.74) is 1.09. The number of carbonyl (C=O) groups is 1. The Balaban J connectivity index is 1.49. The van der Waals surface area contributed by atoms with Crippen LogP contribution in [0.15, 0.2) is 5.38 Å². The summed E-state index contributed by atoms with van der Waals surface area (Å²) < 4.78 is 5.84. The van der Waals surface area contributed by atoms with Crippen molar-refractivity contribution in [1.29, 1.82) is 0 Å². The number of thiazole rings is 1. The van der Waals surface area contributed by atoms with Crippen molar-refractivity contribution in [2.24, 2.45) is 0 Å². The third kappa shape index (κ3) is 4.07. The van der Waals surface area contributed by atoms with Gasteiger partial charge in [0.05, 0.1) is 11.1 Å². The quantitative estimate of drug-likeness (QED) is 0.852. The molecule has 0 radical (unpaired) electrons. The maximum absolute atomic E-state index is 12.4. The Morgan fingerprint density at radius 2 is 2.14 bits per heavy atom. The number of hydrogen-bond donors (Lipinski definition) is 0. The first-order chi connectivity index (χ1) is 10.7. The van der Waals surface area contributed by atoms with Gasteiger partial charge in [0.2, 0.25) is 5.91 Å². The van der Waals surface area contributed by atoms with E-state index in [0.717, 1.165) is 44.5 Å². The molecule has 22 heavy (non-hydrogen) atoms. The normalized spacial score (nSPS) is 23.7. The maximum Gasteiger partial charge on any atom is 0.248 e. The average Bonchev–Trinajstić information content (AvgIpc) is 3.00. The lowest BCUT2D eigenvalue weighted by atomic mass is 9.97. The van der Waals surface area contributed by atoms with Gasteiger partial charge in [0.25, 0.3) is 0 Å². The summed E-state index contributed by atoms with van der Waals surface area (Å²) in [7, 11) is 0. The van der Waals surface area contributed by atoms with Gasteiger partial charge in [-0.3, -0.25) is 4.79 Å². The Hall–Kier alpha value is -0.940. The highest BCUT2D eigenvalue weighted by atomic mass is 32.1. The van der Waals surface area contributed by atoms with Crippen LogP contribution in [0.2, 0.25) is 0 Å². The molecule has 1 saturated carbocycles. The fraction of sp³-hybridized carbons (Fsp3) is 0.765. The zero-order valence-corrected chi connectivity index (χ0v) is 14.2. The van der Waals surface area contributed by atoms with E-state index in [2.05, 4.69) is 10.4 Å². The summed E-state index contributed by atoms with van der Waals surface area (Å²) in [5.74, 6) is 0.564. The van der Waals surface area contributed by atoms with Crippen LogP contribution in [0.4, 0.5) is 0 Å². The predicted octanol–water partition coefficient (Wildman–Crippen LogP) is 3.51. The molecular weight excluding hydrogens is 296 g/mol. The number of likely N-dealkylation sites (tertiary alicyclic amines) is 1. The third-order valence-electron chi connectivity index (χ3n) is 4.75. The van der Waals surface area contributed by atoms with Crippen molar-refractivity contribution < 1.29 is 9.53 Å². The number of aryl methyl sites for hydroxylation is 1. The predicted molar refractivity (Wildman–Crippen MR) is 88.2 cm³/mol. The van der Waals surface area contributed by atoms with Gasteiger partial charge in [-0.05, 0) is 32.6 Å². The van der Waals surface area contributed by atoms with Crippen molar-refractivity contribution in [1.82, 2.24) is 9.88 Å². The zero-order chi connectivity index (χ0) is 15.4. The van der Waals surface area contributed by atoms with Crippen molar-refractivity contribution in [3.8, 4) is 0 Å². The third-order valence-corrected chi connectivity index (χ3v) is 5.88. The highest BCUT2D eigenvalue weighted by Gasteiger charge is 2.27. The van der Waals surface area contributed by atoms with E-state index >= 15 is 0 Å². The molecule has 1 unspecified atom stereocenters. The van der Waals surface area contributed by atoms with Gasteiger partial charge in [-0.1, -0.05) is 19.3 Å². The molecule has 4 nitrogen and oxygen atoms in total. The topological polar surface area (TPSA) is 42.4 Å². The monoisotopic (exact) mass is 322 g/mol. The van der Waals surface area contributed by atoms with Gasteiger partial charge in [0.1, 0.15) is 6.61 Å². The second-order valence-corrected chi connectivity index (χ2v) is 7.47. The number of nitrogens with zero attached hydrogens (tertiary/aromatic N) is 2. The van der Waals surface area contributed by atoms with Crippen molar-refractivity contribution in [3.63, 3.8) is 0 Å². The van der Waals surface area contributed by atoms with Gasteiger partial charge < -0.3 is 9.64 Å². The molecule has 0 N–H and O–H groups in total. The number of amides is 1. The first-order valence-electron chi connectivity index (χ1n) is 8.54. The van der Waals surface area contributed by atoms with Crippen molar-refractivity contribution in [3.05, 3.63) is 16.1 Å². The van der Waals surface area contributed by atoms with Crippen molar-refractivity contribution in [2.75, 3.05) is 19.7 Å². The molecule has 1 amide bonds. The van der Waals surface area contributed by atoms with E-state index in [1.807, 2.05) is 11.8 Å². The van der Waals surface area contributed by atoms with E-state index in [-0.39, 0.29) is 12.5 Å². The molecule has 2 aliphatic rings. The van der Waals surface area contributed by atoms with Gasteiger partial charge in [-0.25, -0.2) is 4.98 Å². The summed E-state index contributed by atoms with van der Waals surface area (Å²) in [4.78, 5) is 19.0. The van der Waals surface area contributed by atoms with E-state index < -0.39 is 0 Å². The Morgan fingerprint density at radius 3 is 2.86 bits per heavy atom. The molecule has 5 heteroatoms. The second kappa shape index (κ2) is 7.55. The number of carbonyl (C=O) groups excluding carboxylic acids is 1. The van der Waals surface area contributed by atoms with Crippen LogP contribution in [0.1, 0.15) is 61.6 Å². The lowest BCUT2D eigenvalue weighted by molar-refractivity contribution is -0.140. The van der Waals surface area contributed by atoms with Gasteiger partial charge in [0.15, 0.2) is 0 Å². The maximum atomic E-state index is 12.4.